The summed E-state index contributed by atoms with van der Waals surface area (Å²) in [5.74, 6) is 6.17. The predicted molar refractivity (Wildman–Crippen MR) is 132 cm³/mol. The number of pyridine rings is 2. The Kier molecular flexibility index (Phi) is 7.22. The number of β-amino-alcohol motifs (C(OH)–C–C–N with tert-alkyl or cyclic N) is 1. The van der Waals surface area contributed by atoms with Gasteiger partial charge in [0.15, 0.2) is 0 Å². The van der Waals surface area contributed by atoms with E-state index in [-0.39, 0.29) is 0 Å². The highest BCUT2D eigenvalue weighted by Gasteiger charge is 2.35. The smallest absolute Gasteiger partial charge is 0.113 e. The van der Waals surface area contributed by atoms with Crippen LogP contribution >= 0.6 is 11.6 Å². The minimum atomic E-state index is -0.993. The van der Waals surface area contributed by atoms with Crippen molar-refractivity contribution in [2.24, 2.45) is 0 Å². The quantitative estimate of drug-likeness (QED) is 0.576. The number of aliphatic hydroxyl groups excluding tert-OH is 1. The Morgan fingerprint density at radius 3 is 2.52 bits per heavy atom. The normalized spacial score (nSPS) is 21.0. The maximum Gasteiger partial charge on any atom is 0.113 e. The average Bonchev–Trinajstić information content (AvgIpc) is 2.82. The molecule has 1 aliphatic rings. The fourth-order valence-electron chi connectivity index (χ4n) is 3.57. The molecule has 3 aromatic rings. The second-order valence-electron chi connectivity index (χ2n) is 8.45. The molecule has 2 aromatic heterocycles. The first kappa shape index (κ1) is 23.2. The van der Waals surface area contributed by atoms with Crippen molar-refractivity contribution in [2.75, 3.05) is 19.6 Å². The number of aromatic nitrogens is 2. The maximum absolute atomic E-state index is 10.1. The molecule has 0 amide bonds. The number of nitrogens with zero attached hydrogens (tertiary/aromatic N) is 3. The van der Waals surface area contributed by atoms with Crippen LogP contribution in [-0.2, 0) is 0 Å². The summed E-state index contributed by atoms with van der Waals surface area (Å²) in [5, 5.41) is 20.8. The molecule has 1 saturated heterocycles. The van der Waals surface area contributed by atoms with Crippen molar-refractivity contribution in [3.05, 3.63) is 89.0 Å². The molecule has 3 heterocycles. The summed E-state index contributed by atoms with van der Waals surface area (Å²) >= 11 is 5.94. The van der Waals surface area contributed by atoms with Crippen LogP contribution in [0.25, 0.3) is 17.2 Å². The zero-order chi connectivity index (χ0) is 23.3. The highest BCUT2D eigenvalue weighted by molar-refractivity contribution is 6.30. The average molecular weight is 460 g/mol. The molecule has 33 heavy (non-hydrogen) atoms. The molecular formula is C27H26ClN3O2. The standard InChI is InChI=1S/C27H26ClN3O2/c1-27(33)14-16-31(19-26(27)32)15-2-3-24-11-4-20(17-29-24)5-12-25-13-8-22(18-30-25)21-6-9-23(28)10-7-21/h2-4,6-11,13,17-18,26,32-33H,14-16,19H2,1H3/b3-2+/t26-,27+/m0/s1. The molecule has 5 nitrogen and oxygen atoms in total. The van der Waals surface area contributed by atoms with Gasteiger partial charge in [0.25, 0.3) is 0 Å². The van der Waals surface area contributed by atoms with Crippen molar-refractivity contribution in [2.45, 2.75) is 25.0 Å². The van der Waals surface area contributed by atoms with E-state index in [0.29, 0.717) is 30.2 Å². The van der Waals surface area contributed by atoms with Crippen molar-refractivity contribution >= 4 is 17.7 Å². The third-order valence-corrected chi connectivity index (χ3v) is 6.05. The lowest BCUT2D eigenvalue weighted by atomic mass is 9.91. The largest absolute Gasteiger partial charge is 0.389 e. The van der Waals surface area contributed by atoms with E-state index >= 15 is 0 Å². The van der Waals surface area contributed by atoms with E-state index < -0.39 is 11.7 Å². The number of rotatable bonds is 4. The second-order valence-corrected chi connectivity index (χ2v) is 8.88. The molecule has 0 unspecified atom stereocenters. The van der Waals surface area contributed by atoms with Crippen LogP contribution in [0.3, 0.4) is 0 Å². The van der Waals surface area contributed by atoms with E-state index in [1.54, 1.807) is 13.1 Å². The van der Waals surface area contributed by atoms with Crippen LogP contribution in [0.5, 0.6) is 0 Å². The summed E-state index contributed by atoms with van der Waals surface area (Å²) in [6.07, 6.45) is 7.36. The summed E-state index contributed by atoms with van der Waals surface area (Å²) < 4.78 is 0. The summed E-state index contributed by atoms with van der Waals surface area (Å²) in [4.78, 5) is 11.0. The van der Waals surface area contributed by atoms with Gasteiger partial charge in [-0.3, -0.25) is 9.88 Å². The lowest BCUT2D eigenvalue weighted by Crippen LogP contribution is -2.53. The van der Waals surface area contributed by atoms with Gasteiger partial charge >= 0.3 is 0 Å². The lowest BCUT2D eigenvalue weighted by molar-refractivity contribution is -0.105. The maximum atomic E-state index is 10.1. The molecule has 1 aromatic carbocycles. The Morgan fingerprint density at radius 1 is 1.06 bits per heavy atom. The van der Waals surface area contributed by atoms with Gasteiger partial charge in [-0.05, 0) is 61.2 Å². The molecule has 0 bridgehead atoms. The summed E-state index contributed by atoms with van der Waals surface area (Å²) in [6.45, 7) is 3.61. The van der Waals surface area contributed by atoms with Gasteiger partial charge in [-0.1, -0.05) is 41.8 Å². The van der Waals surface area contributed by atoms with Gasteiger partial charge in [-0.15, -0.1) is 0 Å². The Labute approximate surface area is 199 Å². The van der Waals surface area contributed by atoms with E-state index in [2.05, 4.69) is 26.7 Å². The number of benzene rings is 1. The van der Waals surface area contributed by atoms with E-state index in [4.69, 9.17) is 11.6 Å². The van der Waals surface area contributed by atoms with Crippen LogP contribution in [0.2, 0.25) is 5.02 Å². The molecule has 1 aliphatic heterocycles. The van der Waals surface area contributed by atoms with Crippen LogP contribution in [0, 0.1) is 11.8 Å². The Hall–Kier alpha value is -3.01. The third-order valence-electron chi connectivity index (χ3n) is 5.80. The van der Waals surface area contributed by atoms with Gasteiger partial charge in [-0.2, -0.15) is 0 Å². The molecule has 0 spiro atoms. The van der Waals surface area contributed by atoms with Gasteiger partial charge in [0.1, 0.15) is 5.69 Å². The number of piperidine rings is 1. The first-order valence-corrected chi connectivity index (χ1v) is 11.3. The summed E-state index contributed by atoms with van der Waals surface area (Å²) in [6, 6.07) is 15.4. The minimum absolute atomic E-state index is 0.466. The van der Waals surface area contributed by atoms with Crippen LogP contribution in [0.1, 0.15) is 30.3 Å². The molecular weight excluding hydrogens is 434 g/mol. The van der Waals surface area contributed by atoms with Crippen molar-refractivity contribution < 1.29 is 10.2 Å². The fraction of sp³-hybridized carbons (Fsp3) is 0.259. The monoisotopic (exact) mass is 459 g/mol. The first-order chi connectivity index (χ1) is 15.9. The second kappa shape index (κ2) is 10.3. The molecule has 4 rings (SSSR count). The molecule has 0 radical (unpaired) electrons. The Morgan fingerprint density at radius 2 is 1.85 bits per heavy atom. The molecule has 0 saturated carbocycles. The van der Waals surface area contributed by atoms with Gasteiger partial charge in [0.2, 0.25) is 0 Å². The third kappa shape index (κ3) is 6.28. The van der Waals surface area contributed by atoms with Crippen LogP contribution in [-0.4, -0.2) is 56.4 Å². The van der Waals surface area contributed by atoms with Crippen LogP contribution in [0.4, 0.5) is 0 Å². The van der Waals surface area contributed by atoms with E-state index in [9.17, 15) is 10.2 Å². The fourth-order valence-corrected chi connectivity index (χ4v) is 3.69. The summed E-state index contributed by atoms with van der Waals surface area (Å²) in [7, 11) is 0. The minimum Gasteiger partial charge on any atom is -0.389 e. The molecule has 6 heteroatoms. The predicted octanol–water partition coefficient (Wildman–Crippen LogP) is 4.03. The van der Waals surface area contributed by atoms with Gasteiger partial charge in [0.05, 0.1) is 17.4 Å². The number of halogens is 1. The lowest BCUT2D eigenvalue weighted by Gasteiger charge is -2.39. The topological polar surface area (TPSA) is 69.5 Å². The zero-order valence-corrected chi connectivity index (χ0v) is 19.2. The summed E-state index contributed by atoms with van der Waals surface area (Å²) in [5.41, 5.74) is 3.43. The number of hydrogen-bond donors (Lipinski definition) is 2. The number of aliphatic hydroxyl groups is 2. The van der Waals surface area contributed by atoms with Crippen molar-refractivity contribution in [3.63, 3.8) is 0 Å². The van der Waals surface area contributed by atoms with Gasteiger partial charge in [-0.25, -0.2) is 4.98 Å². The van der Waals surface area contributed by atoms with Crippen molar-refractivity contribution in [1.29, 1.82) is 0 Å². The number of likely N-dealkylation sites (tertiary alicyclic amines) is 1. The van der Waals surface area contributed by atoms with Gasteiger partial charge < -0.3 is 10.2 Å². The molecule has 0 aliphatic carbocycles. The molecule has 168 valence electrons. The highest BCUT2D eigenvalue weighted by atomic mass is 35.5. The molecule has 2 atom stereocenters. The van der Waals surface area contributed by atoms with Crippen molar-refractivity contribution in [1.82, 2.24) is 14.9 Å². The first-order valence-electron chi connectivity index (χ1n) is 10.9. The molecule has 2 N–H and O–H groups in total. The van der Waals surface area contributed by atoms with Crippen molar-refractivity contribution in [3.8, 4) is 23.0 Å². The van der Waals surface area contributed by atoms with Gasteiger partial charge in [0, 0.05) is 48.2 Å². The Balaban J connectivity index is 1.32. The van der Waals surface area contributed by atoms with Crippen LogP contribution < -0.4 is 0 Å². The molecule has 1 fully saturated rings. The number of hydrogen-bond acceptors (Lipinski definition) is 5. The SMILES string of the molecule is C[C@@]1(O)CCN(C/C=C/c2ccc(C#Cc3ccc(-c4ccc(Cl)cc4)cn3)cn2)C[C@@H]1O. The highest BCUT2D eigenvalue weighted by Crippen LogP contribution is 2.22. The van der Waals surface area contributed by atoms with Crippen LogP contribution in [0.15, 0.2) is 67.0 Å². The van der Waals surface area contributed by atoms with E-state index in [1.807, 2.05) is 66.9 Å². The van der Waals surface area contributed by atoms with E-state index in [0.717, 1.165) is 28.9 Å². The van der Waals surface area contributed by atoms with E-state index in [1.165, 1.54) is 0 Å². The Bertz CT molecular complexity index is 1160. The zero-order valence-electron chi connectivity index (χ0n) is 18.4.